The molecule has 0 saturated carbocycles. The standard InChI is InChI=1S/C7H16N2O.HI/c1-2-5-9(7-10)6-3-4-8;/h7H,2-6,8H2,1H3;1H. The molecule has 68 valence electrons. The van der Waals surface area contributed by atoms with Crippen molar-refractivity contribution in [2.45, 2.75) is 19.8 Å². The van der Waals surface area contributed by atoms with Crippen LogP contribution in [0.2, 0.25) is 0 Å². The number of nitrogens with two attached hydrogens (primary N) is 1. The van der Waals surface area contributed by atoms with Gasteiger partial charge in [0, 0.05) is 13.1 Å². The number of halogens is 1. The molecule has 0 spiro atoms. The summed E-state index contributed by atoms with van der Waals surface area (Å²) in [5, 5.41) is 0. The summed E-state index contributed by atoms with van der Waals surface area (Å²) >= 11 is 0. The molecule has 0 atom stereocenters. The Labute approximate surface area is 85.3 Å². The zero-order chi connectivity index (χ0) is 7.82. The third-order valence-corrected chi connectivity index (χ3v) is 1.31. The van der Waals surface area contributed by atoms with Gasteiger partial charge in [-0.25, -0.2) is 0 Å². The van der Waals surface area contributed by atoms with Crippen molar-refractivity contribution in [3.05, 3.63) is 0 Å². The van der Waals surface area contributed by atoms with Crippen LogP contribution >= 0.6 is 24.0 Å². The fourth-order valence-corrected chi connectivity index (χ4v) is 0.799. The van der Waals surface area contributed by atoms with Crippen molar-refractivity contribution >= 4 is 30.4 Å². The van der Waals surface area contributed by atoms with E-state index < -0.39 is 0 Å². The van der Waals surface area contributed by atoms with Gasteiger partial charge in [0.25, 0.3) is 0 Å². The lowest BCUT2D eigenvalue weighted by molar-refractivity contribution is -0.118. The van der Waals surface area contributed by atoms with Gasteiger partial charge in [0.1, 0.15) is 0 Å². The second-order valence-electron chi connectivity index (χ2n) is 2.28. The monoisotopic (exact) mass is 272 g/mol. The quantitative estimate of drug-likeness (QED) is 0.575. The van der Waals surface area contributed by atoms with Crippen LogP contribution in [0.25, 0.3) is 0 Å². The lowest BCUT2D eigenvalue weighted by Crippen LogP contribution is -2.25. The predicted octanol–water partition coefficient (Wildman–Crippen LogP) is 0.822. The molecule has 0 unspecified atom stereocenters. The molecule has 3 nitrogen and oxygen atoms in total. The number of amides is 1. The summed E-state index contributed by atoms with van der Waals surface area (Å²) in [6, 6.07) is 0. The fourth-order valence-electron chi connectivity index (χ4n) is 0.799. The van der Waals surface area contributed by atoms with E-state index in [-0.39, 0.29) is 24.0 Å². The van der Waals surface area contributed by atoms with E-state index in [1.807, 2.05) is 0 Å². The highest BCUT2D eigenvalue weighted by molar-refractivity contribution is 14.0. The molecular weight excluding hydrogens is 255 g/mol. The Morgan fingerprint density at radius 1 is 1.45 bits per heavy atom. The average Bonchev–Trinajstić information content (AvgIpc) is 1.98. The van der Waals surface area contributed by atoms with E-state index in [0.717, 1.165) is 32.3 Å². The molecule has 1 amide bonds. The van der Waals surface area contributed by atoms with Gasteiger partial charge in [-0.3, -0.25) is 4.79 Å². The van der Waals surface area contributed by atoms with E-state index in [9.17, 15) is 4.79 Å². The van der Waals surface area contributed by atoms with E-state index in [1.165, 1.54) is 0 Å². The smallest absolute Gasteiger partial charge is 0.209 e. The fraction of sp³-hybridized carbons (Fsp3) is 0.857. The van der Waals surface area contributed by atoms with Crippen molar-refractivity contribution in [3.63, 3.8) is 0 Å². The summed E-state index contributed by atoms with van der Waals surface area (Å²) in [7, 11) is 0. The van der Waals surface area contributed by atoms with Gasteiger partial charge in [0.05, 0.1) is 0 Å². The Kier molecular flexibility index (Phi) is 12.7. The molecular formula is C7H17IN2O. The topological polar surface area (TPSA) is 46.3 Å². The third-order valence-electron chi connectivity index (χ3n) is 1.31. The van der Waals surface area contributed by atoms with Crippen molar-refractivity contribution in [2.75, 3.05) is 19.6 Å². The van der Waals surface area contributed by atoms with Crippen molar-refractivity contribution < 1.29 is 4.79 Å². The number of rotatable bonds is 6. The van der Waals surface area contributed by atoms with Gasteiger partial charge in [-0.05, 0) is 19.4 Å². The van der Waals surface area contributed by atoms with Crippen LogP contribution < -0.4 is 5.73 Å². The van der Waals surface area contributed by atoms with Crippen molar-refractivity contribution in [2.24, 2.45) is 5.73 Å². The van der Waals surface area contributed by atoms with Crippen LogP contribution in [0.15, 0.2) is 0 Å². The molecule has 0 aromatic heterocycles. The van der Waals surface area contributed by atoms with E-state index in [4.69, 9.17) is 5.73 Å². The minimum absolute atomic E-state index is 0. The van der Waals surface area contributed by atoms with E-state index >= 15 is 0 Å². The van der Waals surface area contributed by atoms with Gasteiger partial charge in [-0.15, -0.1) is 24.0 Å². The van der Waals surface area contributed by atoms with Crippen molar-refractivity contribution in [1.29, 1.82) is 0 Å². The predicted molar refractivity (Wildman–Crippen MR) is 57.0 cm³/mol. The Hall–Kier alpha value is 0.160. The maximum Gasteiger partial charge on any atom is 0.209 e. The molecule has 0 heterocycles. The van der Waals surface area contributed by atoms with E-state index in [0.29, 0.717) is 6.54 Å². The Morgan fingerprint density at radius 2 is 2.09 bits per heavy atom. The highest BCUT2D eigenvalue weighted by Gasteiger charge is 1.96. The van der Waals surface area contributed by atoms with Gasteiger partial charge >= 0.3 is 0 Å². The third kappa shape index (κ3) is 8.06. The molecule has 0 rings (SSSR count). The summed E-state index contributed by atoms with van der Waals surface area (Å²) in [5.41, 5.74) is 5.29. The first-order valence-corrected chi connectivity index (χ1v) is 3.74. The second kappa shape index (κ2) is 10.2. The van der Waals surface area contributed by atoms with Crippen LogP contribution in [0.5, 0.6) is 0 Å². The van der Waals surface area contributed by atoms with Crippen LogP contribution in [0.3, 0.4) is 0 Å². The van der Waals surface area contributed by atoms with Crippen molar-refractivity contribution in [1.82, 2.24) is 4.90 Å². The second-order valence-corrected chi connectivity index (χ2v) is 2.28. The largest absolute Gasteiger partial charge is 0.345 e. The molecule has 0 saturated heterocycles. The zero-order valence-corrected chi connectivity index (χ0v) is 9.28. The normalized spacial score (nSPS) is 8.55. The van der Waals surface area contributed by atoms with E-state index in [2.05, 4.69) is 6.92 Å². The Bertz CT molecular complexity index is 90.5. The summed E-state index contributed by atoms with van der Waals surface area (Å²) in [6.07, 6.45) is 2.81. The first kappa shape index (κ1) is 13.7. The molecule has 0 fully saturated rings. The Morgan fingerprint density at radius 3 is 2.45 bits per heavy atom. The lowest BCUT2D eigenvalue weighted by atomic mass is 10.3. The SMILES string of the molecule is CCCN(C=O)CCCN.I. The maximum atomic E-state index is 10.3. The van der Waals surface area contributed by atoms with Crippen LogP contribution in [0.4, 0.5) is 0 Å². The molecule has 0 bridgehead atoms. The minimum Gasteiger partial charge on any atom is -0.345 e. The summed E-state index contributed by atoms with van der Waals surface area (Å²) in [6.45, 7) is 4.37. The minimum atomic E-state index is 0. The van der Waals surface area contributed by atoms with Crippen LogP contribution in [-0.2, 0) is 4.79 Å². The number of hydrogen-bond acceptors (Lipinski definition) is 2. The Balaban J connectivity index is 0. The molecule has 4 heteroatoms. The summed E-state index contributed by atoms with van der Waals surface area (Å²) in [5.74, 6) is 0. The molecule has 0 aromatic rings. The van der Waals surface area contributed by atoms with Gasteiger partial charge in [0.2, 0.25) is 6.41 Å². The first-order valence-electron chi connectivity index (χ1n) is 3.74. The number of carbonyl (C=O) groups excluding carboxylic acids is 1. The lowest BCUT2D eigenvalue weighted by Gasteiger charge is -2.14. The van der Waals surface area contributed by atoms with Crippen LogP contribution in [0.1, 0.15) is 19.8 Å². The molecule has 2 N–H and O–H groups in total. The zero-order valence-electron chi connectivity index (χ0n) is 6.95. The summed E-state index contributed by atoms with van der Waals surface area (Å²) in [4.78, 5) is 12.0. The number of nitrogens with zero attached hydrogens (tertiary/aromatic N) is 1. The number of hydrogen-bond donors (Lipinski definition) is 1. The van der Waals surface area contributed by atoms with Crippen molar-refractivity contribution in [3.8, 4) is 0 Å². The molecule has 0 aliphatic heterocycles. The van der Waals surface area contributed by atoms with Crippen LogP contribution in [0, 0.1) is 0 Å². The van der Waals surface area contributed by atoms with Gasteiger partial charge in [0.15, 0.2) is 0 Å². The molecule has 0 aromatic carbocycles. The molecule has 0 aliphatic rings. The molecule has 0 radical (unpaired) electrons. The van der Waals surface area contributed by atoms with Crippen LogP contribution in [-0.4, -0.2) is 30.9 Å². The van der Waals surface area contributed by atoms with Gasteiger partial charge < -0.3 is 10.6 Å². The molecule has 11 heavy (non-hydrogen) atoms. The first-order chi connectivity index (χ1) is 4.85. The number of carbonyl (C=O) groups is 1. The highest BCUT2D eigenvalue weighted by atomic mass is 127. The average molecular weight is 272 g/mol. The highest BCUT2D eigenvalue weighted by Crippen LogP contribution is 1.88. The van der Waals surface area contributed by atoms with E-state index in [1.54, 1.807) is 4.90 Å². The summed E-state index contributed by atoms with van der Waals surface area (Å²) < 4.78 is 0. The van der Waals surface area contributed by atoms with Gasteiger partial charge in [-0.1, -0.05) is 6.92 Å². The van der Waals surface area contributed by atoms with Gasteiger partial charge in [-0.2, -0.15) is 0 Å². The molecule has 0 aliphatic carbocycles. The maximum absolute atomic E-state index is 10.3.